The van der Waals surface area contributed by atoms with Crippen LogP contribution < -0.4 is 10.2 Å². The number of ether oxygens (including phenoxy) is 1. The van der Waals surface area contributed by atoms with Gasteiger partial charge in [0.05, 0.1) is 5.69 Å². The summed E-state index contributed by atoms with van der Waals surface area (Å²) in [6.45, 7) is 9.71. The summed E-state index contributed by atoms with van der Waals surface area (Å²) in [5.74, 6) is 1.10. The van der Waals surface area contributed by atoms with Gasteiger partial charge in [-0.1, -0.05) is 0 Å². The number of amides is 1. The first-order valence-electron chi connectivity index (χ1n) is 11.4. The van der Waals surface area contributed by atoms with E-state index in [1.165, 1.54) is 12.8 Å². The molecule has 1 aromatic heterocycles. The Labute approximate surface area is 206 Å². The molecule has 1 N–H and O–H groups in total. The van der Waals surface area contributed by atoms with E-state index in [-0.39, 0.29) is 36.0 Å². The smallest absolute Gasteiger partial charge is 0.251 e. The number of guanidine groups is 1. The minimum atomic E-state index is -0.220. The van der Waals surface area contributed by atoms with Gasteiger partial charge in [0, 0.05) is 70.8 Å². The monoisotopic (exact) mass is 562 g/mol. The molecule has 3 fully saturated rings. The van der Waals surface area contributed by atoms with Crippen molar-refractivity contribution in [3.05, 3.63) is 11.1 Å². The lowest BCUT2D eigenvalue weighted by atomic mass is 10.2. The lowest BCUT2D eigenvalue weighted by Gasteiger charge is -2.37. The average molecular weight is 563 g/mol. The topological polar surface area (TPSA) is 73.3 Å². The molecule has 3 aliphatic rings. The predicted octanol–water partition coefficient (Wildman–Crippen LogP) is 2.19. The van der Waals surface area contributed by atoms with Crippen molar-refractivity contribution in [2.45, 2.75) is 45.1 Å². The number of hydrogen-bond donors (Lipinski definition) is 1. The number of carbonyl (C=O) groups excluding carboxylic acids is 1. The molecule has 0 saturated carbocycles. The zero-order chi connectivity index (χ0) is 20.8. The quantitative estimate of drug-likeness (QED) is 0.326. The average Bonchev–Trinajstić information content (AvgIpc) is 3.55. The van der Waals surface area contributed by atoms with Crippen molar-refractivity contribution in [2.75, 3.05) is 63.9 Å². The highest BCUT2D eigenvalue weighted by molar-refractivity contribution is 14.0. The minimum Gasteiger partial charge on any atom is -0.368 e. The van der Waals surface area contributed by atoms with E-state index in [0.29, 0.717) is 6.61 Å². The number of anilines is 1. The van der Waals surface area contributed by atoms with Gasteiger partial charge in [-0.05, 0) is 32.6 Å². The first-order valence-corrected chi connectivity index (χ1v) is 12.3. The van der Waals surface area contributed by atoms with Crippen LogP contribution in [0.2, 0.25) is 0 Å². The first kappa shape index (κ1) is 24.5. The standard InChI is InChI=1S/C21H34N6O2S.HI/c1-2-22-20(23-8-7-17-16-30-21(24-17)27-9-3-4-10-27)26-13-11-25(12-14-26)19(28)18-6-5-15-29-18;/h16,18H,2-15H2,1H3,(H,22,23);1H. The second kappa shape index (κ2) is 12.2. The summed E-state index contributed by atoms with van der Waals surface area (Å²) in [7, 11) is 0. The van der Waals surface area contributed by atoms with Gasteiger partial charge in [0.25, 0.3) is 5.91 Å². The van der Waals surface area contributed by atoms with Crippen LogP contribution in [0.15, 0.2) is 10.4 Å². The lowest BCUT2D eigenvalue weighted by Crippen LogP contribution is -2.55. The van der Waals surface area contributed by atoms with Crippen LogP contribution in [0.1, 0.15) is 38.3 Å². The fourth-order valence-electron chi connectivity index (χ4n) is 4.28. The number of aromatic nitrogens is 1. The fraction of sp³-hybridized carbons (Fsp3) is 0.762. The zero-order valence-corrected chi connectivity index (χ0v) is 21.6. The Morgan fingerprint density at radius 2 is 1.94 bits per heavy atom. The van der Waals surface area contributed by atoms with Gasteiger partial charge in [-0.25, -0.2) is 4.98 Å². The normalized spacial score (nSPS) is 22.0. The molecule has 1 amide bonds. The Morgan fingerprint density at radius 1 is 1.19 bits per heavy atom. The van der Waals surface area contributed by atoms with Crippen LogP contribution in [0.4, 0.5) is 5.13 Å². The van der Waals surface area contributed by atoms with Crippen LogP contribution in [0.3, 0.4) is 0 Å². The molecule has 0 bridgehead atoms. The molecule has 0 aliphatic carbocycles. The molecular weight excluding hydrogens is 527 g/mol. The molecule has 0 aromatic carbocycles. The van der Waals surface area contributed by atoms with E-state index >= 15 is 0 Å². The number of piperazine rings is 1. The Hall–Kier alpha value is -1.14. The molecule has 0 radical (unpaired) electrons. The number of nitrogens with zero attached hydrogens (tertiary/aromatic N) is 5. The van der Waals surface area contributed by atoms with E-state index in [1.807, 2.05) is 4.90 Å². The number of aliphatic imine (C=N–C) groups is 1. The molecule has 4 heterocycles. The number of hydrogen-bond acceptors (Lipinski definition) is 6. The molecule has 8 nitrogen and oxygen atoms in total. The van der Waals surface area contributed by atoms with Crippen molar-refractivity contribution >= 4 is 52.3 Å². The second-order valence-electron chi connectivity index (χ2n) is 8.12. The van der Waals surface area contributed by atoms with Crippen LogP contribution in [0.5, 0.6) is 0 Å². The largest absolute Gasteiger partial charge is 0.368 e. The maximum Gasteiger partial charge on any atom is 0.251 e. The summed E-state index contributed by atoms with van der Waals surface area (Å²) in [6, 6.07) is 0. The first-order chi connectivity index (χ1) is 14.7. The summed E-state index contributed by atoms with van der Waals surface area (Å²) < 4.78 is 5.56. The van der Waals surface area contributed by atoms with E-state index in [2.05, 4.69) is 27.4 Å². The summed E-state index contributed by atoms with van der Waals surface area (Å²) in [4.78, 5) is 28.8. The highest BCUT2D eigenvalue weighted by Crippen LogP contribution is 2.24. The molecule has 1 unspecified atom stereocenters. The molecule has 3 aliphatic heterocycles. The third kappa shape index (κ3) is 6.44. The molecule has 1 atom stereocenters. The molecule has 31 heavy (non-hydrogen) atoms. The van der Waals surface area contributed by atoms with Crippen molar-refractivity contribution in [3.63, 3.8) is 0 Å². The van der Waals surface area contributed by atoms with Gasteiger partial charge >= 0.3 is 0 Å². The third-order valence-corrected chi connectivity index (χ3v) is 6.93. The van der Waals surface area contributed by atoms with Crippen molar-refractivity contribution < 1.29 is 9.53 Å². The molecule has 4 rings (SSSR count). The number of nitrogens with one attached hydrogen (secondary N) is 1. The Balaban J connectivity index is 0.00000272. The predicted molar refractivity (Wildman–Crippen MR) is 136 cm³/mol. The van der Waals surface area contributed by atoms with E-state index in [0.717, 1.165) is 88.4 Å². The molecule has 174 valence electrons. The lowest BCUT2D eigenvalue weighted by molar-refractivity contribution is -0.142. The maximum absolute atomic E-state index is 12.6. The van der Waals surface area contributed by atoms with Gasteiger partial charge in [-0.2, -0.15) is 0 Å². The highest BCUT2D eigenvalue weighted by atomic mass is 127. The number of rotatable bonds is 6. The van der Waals surface area contributed by atoms with E-state index in [9.17, 15) is 4.79 Å². The molecular formula is C21H35IN6O2S. The second-order valence-corrected chi connectivity index (χ2v) is 8.95. The van der Waals surface area contributed by atoms with Crippen LogP contribution >= 0.6 is 35.3 Å². The van der Waals surface area contributed by atoms with Crippen molar-refractivity contribution in [1.82, 2.24) is 20.1 Å². The molecule has 10 heteroatoms. The summed E-state index contributed by atoms with van der Waals surface area (Å²) in [5.41, 5.74) is 1.13. The van der Waals surface area contributed by atoms with Crippen molar-refractivity contribution in [1.29, 1.82) is 0 Å². The van der Waals surface area contributed by atoms with Crippen LogP contribution in [-0.4, -0.2) is 91.7 Å². The van der Waals surface area contributed by atoms with Gasteiger partial charge in [-0.15, -0.1) is 35.3 Å². The zero-order valence-electron chi connectivity index (χ0n) is 18.4. The number of thiazole rings is 1. The van der Waals surface area contributed by atoms with E-state index in [1.54, 1.807) is 11.3 Å². The number of carbonyl (C=O) groups is 1. The Bertz CT molecular complexity index is 725. The summed E-state index contributed by atoms with van der Waals surface area (Å²) in [6.07, 6.45) is 5.04. The van der Waals surface area contributed by atoms with E-state index < -0.39 is 0 Å². The molecule has 3 saturated heterocycles. The van der Waals surface area contributed by atoms with Gasteiger partial charge < -0.3 is 24.8 Å². The van der Waals surface area contributed by atoms with Gasteiger partial charge in [0.1, 0.15) is 6.10 Å². The van der Waals surface area contributed by atoms with E-state index in [4.69, 9.17) is 14.7 Å². The van der Waals surface area contributed by atoms with Crippen molar-refractivity contribution in [2.24, 2.45) is 4.99 Å². The third-order valence-electron chi connectivity index (χ3n) is 5.98. The highest BCUT2D eigenvalue weighted by Gasteiger charge is 2.30. The Kier molecular flexibility index (Phi) is 9.64. The van der Waals surface area contributed by atoms with Crippen LogP contribution in [-0.2, 0) is 16.0 Å². The van der Waals surface area contributed by atoms with Crippen LogP contribution in [0.25, 0.3) is 0 Å². The minimum absolute atomic E-state index is 0. The number of halogens is 1. The SMILES string of the molecule is CCNC(=NCCc1csc(N2CCCC2)n1)N1CCN(C(=O)C2CCCO2)CC1.I. The fourth-order valence-corrected chi connectivity index (χ4v) is 5.20. The van der Waals surface area contributed by atoms with Gasteiger partial charge in [0.2, 0.25) is 0 Å². The summed E-state index contributed by atoms with van der Waals surface area (Å²) in [5, 5.41) is 6.74. The van der Waals surface area contributed by atoms with Crippen LogP contribution in [0, 0.1) is 0 Å². The van der Waals surface area contributed by atoms with Crippen molar-refractivity contribution in [3.8, 4) is 0 Å². The van der Waals surface area contributed by atoms with Gasteiger partial charge in [-0.3, -0.25) is 9.79 Å². The molecule has 1 aromatic rings. The van der Waals surface area contributed by atoms with Gasteiger partial charge in [0.15, 0.2) is 11.1 Å². The summed E-state index contributed by atoms with van der Waals surface area (Å²) >= 11 is 1.75. The maximum atomic E-state index is 12.6. The molecule has 0 spiro atoms. The Morgan fingerprint density at radius 3 is 2.61 bits per heavy atom.